The van der Waals surface area contributed by atoms with E-state index in [-0.39, 0.29) is 5.78 Å². The van der Waals surface area contributed by atoms with E-state index in [9.17, 15) is 4.79 Å². The third kappa shape index (κ3) is 3.83. The van der Waals surface area contributed by atoms with Crippen molar-refractivity contribution >= 4 is 23.6 Å². The summed E-state index contributed by atoms with van der Waals surface area (Å²) in [6, 6.07) is 18.4. The fourth-order valence-corrected chi connectivity index (χ4v) is 3.00. The van der Waals surface area contributed by atoms with Gasteiger partial charge >= 0.3 is 0 Å². The highest BCUT2D eigenvalue weighted by Crippen LogP contribution is 2.28. The van der Waals surface area contributed by atoms with Crippen molar-refractivity contribution in [2.45, 2.75) is 19.3 Å². The van der Waals surface area contributed by atoms with E-state index in [1.165, 1.54) is 0 Å². The topological polar surface area (TPSA) is 20.3 Å². The largest absolute Gasteiger partial charge is 0.378 e. The van der Waals surface area contributed by atoms with Crippen molar-refractivity contribution < 1.29 is 4.79 Å². The second-order valence-corrected chi connectivity index (χ2v) is 6.42. The van der Waals surface area contributed by atoms with Gasteiger partial charge in [0.25, 0.3) is 0 Å². The summed E-state index contributed by atoms with van der Waals surface area (Å²) in [6.07, 6.45) is 6.83. The van der Waals surface area contributed by atoms with Gasteiger partial charge in [0.15, 0.2) is 5.78 Å². The van der Waals surface area contributed by atoms with Crippen LogP contribution in [0.2, 0.25) is 0 Å². The van der Waals surface area contributed by atoms with Gasteiger partial charge in [-0.1, -0.05) is 42.5 Å². The van der Waals surface area contributed by atoms with Gasteiger partial charge in [-0.25, -0.2) is 0 Å². The summed E-state index contributed by atoms with van der Waals surface area (Å²) in [5.74, 6) is 0.196. The lowest BCUT2D eigenvalue weighted by molar-refractivity contribution is -0.112. The molecular weight excluding hydrogens is 294 g/mol. The molecule has 0 amide bonds. The molecule has 122 valence electrons. The van der Waals surface area contributed by atoms with Crippen LogP contribution < -0.4 is 4.90 Å². The molecule has 0 spiro atoms. The van der Waals surface area contributed by atoms with E-state index in [2.05, 4.69) is 29.2 Å². The highest BCUT2D eigenvalue weighted by Gasteiger charge is 2.20. The van der Waals surface area contributed by atoms with Crippen LogP contribution in [-0.4, -0.2) is 19.9 Å². The van der Waals surface area contributed by atoms with Crippen molar-refractivity contribution in [2.24, 2.45) is 0 Å². The Morgan fingerprint density at radius 3 is 1.88 bits per heavy atom. The summed E-state index contributed by atoms with van der Waals surface area (Å²) in [5, 5.41) is 0. The maximum absolute atomic E-state index is 12.8. The molecule has 0 aromatic heterocycles. The van der Waals surface area contributed by atoms with Crippen molar-refractivity contribution in [1.82, 2.24) is 0 Å². The lowest BCUT2D eigenvalue weighted by Gasteiger charge is -2.17. The molecule has 0 N–H and O–H groups in total. The highest BCUT2D eigenvalue weighted by atomic mass is 16.1. The average molecular weight is 317 g/mol. The van der Waals surface area contributed by atoms with Gasteiger partial charge in [-0.05, 0) is 54.7 Å². The fraction of sp³-hybridized carbons (Fsp3) is 0.227. The normalized spacial score (nSPS) is 18.2. The van der Waals surface area contributed by atoms with E-state index in [1.807, 2.05) is 56.6 Å². The number of hydrogen-bond donors (Lipinski definition) is 0. The van der Waals surface area contributed by atoms with Gasteiger partial charge in [0.05, 0.1) is 0 Å². The van der Waals surface area contributed by atoms with E-state index < -0.39 is 0 Å². The smallest absolute Gasteiger partial charge is 0.185 e. The van der Waals surface area contributed by atoms with Crippen LogP contribution >= 0.6 is 0 Å². The number of anilines is 1. The van der Waals surface area contributed by atoms with Gasteiger partial charge in [0.2, 0.25) is 0 Å². The molecule has 0 radical (unpaired) electrons. The number of Topliss-reactive ketones (excluding diaryl/α,β-unsaturated/α-hetero) is 1. The third-order valence-electron chi connectivity index (χ3n) is 4.37. The number of rotatable bonds is 3. The van der Waals surface area contributed by atoms with Crippen molar-refractivity contribution in [1.29, 1.82) is 0 Å². The lowest BCUT2D eigenvalue weighted by atomic mass is 9.87. The van der Waals surface area contributed by atoms with Gasteiger partial charge in [0, 0.05) is 30.9 Å². The van der Waals surface area contributed by atoms with Crippen LogP contribution in [0.1, 0.15) is 30.4 Å². The number of carbonyl (C=O) groups excluding carboxylic acids is 1. The molecule has 0 unspecified atom stereocenters. The molecule has 0 saturated heterocycles. The minimum Gasteiger partial charge on any atom is -0.378 e. The maximum atomic E-state index is 12.8. The van der Waals surface area contributed by atoms with Gasteiger partial charge in [-0.15, -0.1) is 0 Å². The first kappa shape index (κ1) is 16.3. The van der Waals surface area contributed by atoms with Crippen molar-refractivity contribution in [3.8, 4) is 0 Å². The molecule has 1 aliphatic rings. The summed E-state index contributed by atoms with van der Waals surface area (Å²) >= 11 is 0. The monoisotopic (exact) mass is 317 g/mol. The third-order valence-corrected chi connectivity index (χ3v) is 4.37. The van der Waals surface area contributed by atoms with Gasteiger partial charge in [-0.3, -0.25) is 4.79 Å². The molecule has 0 aliphatic heterocycles. The molecule has 0 atom stereocenters. The Kier molecular flexibility index (Phi) is 4.95. The van der Waals surface area contributed by atoms with Gasteiger partial charge in [-0.2, -0.15) is 0 Å². The quantitative estimate of drug-likeness (QED) is 0.745. The van der Waals surface area contributed by atoms with Crippen LogP contribution in [0.15, 0.2) is 65.7 Å². The lowest BCUT2D eigenvalue weighted by Crippen LogP contribution is -2.12. The molecule has 24 heavy (non-hydrogen) atoms. The van der Waals surface area contributed by atoms with Gasteiger partial charge in [0.1, 0.15) is 0 Å². The molecule has 1 saturated carbocycles. The van der Waals surface area contributed by atoms with Gasteiger partial charge < -0.3 is 4.90 Å². The van der Waals surface area contributed by atoms with E-state index in [4.69, 9.17) is 0 Å². The first-order chi connectivity index (χ1) is 11.6. The van der Waals surface area contributed by atoms with Crippen LogP contribution in [-0.2, 0) is 4.79 Å². The Hall–Kier alpha value is -2.61. The Balaban J connectivity index is 1.83. The molecule has 0 heterocycles. The van der Waals surface area contributed by atoms with E-state index >= 15 is 0 Å². The van der Waals surface area contributed by atoms with Crippen molar-refractivity contribution in [3.63, 3.8) is 0 Å². The fourth-order valence-electron chi connectivity index (χ4n) is 3.00. The number of nitrogens with zero attached hydrogens (tertiary/aromatic N) is 1. The standard InChI is InChI=1S/C22H23NO/c1-23(2)21-13-11-18(12-14-21)16-20-10-6-9-19(22(20)24)15-17-7-4-3-5-8-17/h3-5,7-8,11-16H,6,9-10H2,1-2H3/b19-15-,20-16+. The van der Waals surface area contributed by atoms with E-state index in [0.29, 0.717) is 0 Å². The predicted octanol–water partition coefficient (Wildman–Crippen LogP) is 4.97. The zero-order valence-corrected chi connectivity index (χ0v) is 14.3. The first-order valence-electron chi connectivity index (χ1n) is 8.42. The second kappa shape index (κ2) is 7.31. The van der Waals surface area contributed by atoms with Crippen molar-refractivity contribution in [3.05, 3.63) is 76.9 Å². The molecule has 2 heteroatoms. The Bertz CT molecular complexity index is 767. The molecular formula is C22H23NO. The zero-order valence-electron chi connectivity index (χ0n) is 14.3. The zero-order chi connectivity index (χ0) is 16.9. The summed E-state index contributed by atoms with van der Waals surface area (Å²) in [7, 11) is 4.05. The average Bonchev–Trinajstić information content (AvgIpc) is 2.60. The molecule has 3 rings (SSSR count). The predicted molar refractivity (Wildman–Crippen MR) is 102 cm³/mol. The number of allylic oxidation sites excluding steroid dienone is 2. The maximum Gasteiger partial charge on any atom is 0.185 e. The summed E-state index contributed by atoms with van der Waals surface area (Å²) < 4.78 is 0. The van der Waals surface area contributed by atoms with Crippen LogP contribution in [0.3, 0.4) is 0 Å². The van der Waals surface area contributed by atoms with E-state index in [0.717, 1.165) is 47.2 Å². The molecule has 2 aromatic rings. The molecule has 2 nitrogen and oxygen atoms in total. The Morgan fingerprint density at radius 1 is 0.792 bits per heavy atom. The Labute approximate surface area is 144 Å². The number of carbonyl (C=O) groups is 1. The molecule has 0 bridgehead atoms. The number of hydrogen-bond acceptors (Lipinski definition) is 2. The van der Waals surface area contributed by atoms with E-state index in [1.54, 1.807) is 0 Å². The Morgan fingerprint density at radius 2 is 1.33 bits per heavy atom. The SMILES string of the molecule is CN(C)c1ccc(/C=C2\CCC/C(=C/c3ccccc3)C2=O)cc1. The van der Waals surface area contributed by atoms with Crippen molar-refractivity contribution in [2.75, 3.05) is 19.0 Å². The summed E-state index contributed by atoms with van der Waals surface area (Å²) in [4.78, 5) is 14.8. The molecule has 2 aromatic carbocycles. The number of benzene rings is 2. The molecule has 1 aliphatic carbocycles. The van der Waals surface area contributed by atoms with Crippen LogP contribution in [0.4, 0.5) is 5.69 Å². The van der Waals surface area contributed by atoms with Crippen LogP contribution in [0, 0.1) is 0 Å². The minimum absolute atomic E-state index is 0.196. The number of ketones is 1. The van der Waals surface area contributed by atoms with Crippen LogP contribution in [0.25, 0.3) is 12.2 Å². The minimum atomic E-state index is 0.196. The highest BCUT2D eigenvalue weighted by molar-refractivity contribution is 6.13. The first-order valence-corrected chi connectivity index (χ1v) is 8.42. The van der Waals surface area contributed by atoms with Crippen LogP contribution in [0.5, 0.6) is 0 Å². The molecule has 1 fully saturated rings. The summed E-state index contributed by atoms with van der Waals surface area (Å²) in [5.41, 5.74) is 5.18. The summed E-state index contributed by atoms with van der Waals surface area (Å²) in [6.45, 7) is 0. The second-order valence-electron chi connectivity index (χ2n) is 6.42.